The number of aromatic amines is 1. The second-order valence-corrected chi connectivity index (χ2v) is 5.80. The molecule has 4 nitrogen and oxygen atoms in total. The molecule has 5 heteroatoms. The Morgan fingerprint density at radius 3 is 2.95 bits per heavy atom. The molecule has 1 aromatic carbocycles. The van der Waals surface area contributed by atoms with Gasteiger partial charge in [-0.15, -0.1) is 11.3 Å². The summed E-state index contributed by atoms with van der Waals surface area (Å²) in [5, 5.41) is 3.26. The Bertz CT molecular complexity index is 785. The number of aromatic nitrogens is 2. The first kappa shape index (κ1) is 13.0. The van der Waals surface area contributed by atoms with E-state index in [0.29, 0.717) is 10.6 Å². The molecule has 0 saturated heterocycles. The monoisotopic (exact) mass is 285 g/mol. The first-order chi connectivity index (χ1) is 9.56. The lowest BCUT2D eigenvalue weighted by molar-refractivity contribution is 0.104. The van der Waals surface area contributed by atoms with Crippen LogP contribution >= 0.6 is 11.3 Å². The number of nitrogens with one attached hydrogen (secondary N) is 1. The normalized spacial score (nSPS) is 12.8. The second kappa shape index (κ2) is 4.85. The van der Waals surface area contributed by atoms with Crippen molar-refractivity contribution >= 4 is 28.0 Å². The molecule has 0 spiro atoms. The van der Waals surface area contributed by atoms with Crippen LogP contribution in [-0.4, -0.2) is 15.8 Å². The van der Waals surface area contributed by atoms with E-state index in [1.54, 1.807) is 6.20 Å². The van der Waals surface area contributed by atoms with E-state index in [4.69, 9.17) is 5.73 Å². The van der Waals surface area contributed by atoms with Gasteiger partial charge in [0, 0.05) is 28.5 Å². The fourth-order valence-corrected chi connectivity index (χ4v) is 3.02. The summed E-state index contributed by atoms with van der Waals surface area (Å²) in [5.74, 6) is -0.0583. The summed E-state index contributed by atoms with van der Waals surface area (Å²) in [6, 6.07) is 5.84. The highest BCUT2D eigenvalue weighted by Gasteiger charge is 2.18. The Morgan fingerprint density at radius 1 is 1.45 bits per heavy atom. The molecule has 0 radical (unpaired) electrons. The molecule has 1 unspecified atom stereocenters. The molecule has 1 atom stereocenters. The van der Waals surface area contributed by atoms with Gasteiger partial charge in [-0.1, -0.05) is 12.1 Å². The van der Waals surface area contributed by atoms with E-state index in [0.717, 1.165) is 22.2 Å². The maximum Gasteiger partial charge on any atom is 0.223 e. The van der Waals surface area contributed by atoms with Crippen molar-refractivity contribution in [3.63, 3.8) is 0 Å². The molecular weight excluding hydrogens is 270 g/mol. The van der Waals surface area contributed by atoms with Gasteiger partial charge in [0.25, 0.3) is 0 Å². The van der Waals surface area contributed by atoms with Crippen LogP contribution in [0.15, 0.2) is 29.8 Å². The van der Waals surface area contributed by atoms with Crippen LogP contribution in [0.2, 0.25) is 0 Å². The number of rotatable bonds is 3. The number of hydrogen-bond acceptors (Lipinski definition) is 4. The number of nitrogens with zero attached hydrogens (tertiary/aromatic N) is 1. The molecule has 0 aliphatic heterocycles. The van der Waals surface area contributed by atoms with E-state index in [1.165, 1.54) is 11.3 Å². The van der Waals surface area contributed by atoms with Gasteiger partial charge in [0.2, 0.25) is 5.78 Å². The molecule has 3 rings (SSSR count). The summed E-state index contributed by atoms with van der Waals surface area (Å²) in [4.78, 5) is 20.0. The van der Waals surface area contributed by atoms with Crippen molar-refractivity contribution in [1.29, 1.82) is 0 Å². The van der Waals surface area contributed by atoms with Crippen molar-refractivity contribution < 1.29 is 4.79 Å². The molecule has 0 fully saturated rings. The third kappa shape index (κ3) is 2.15. The Kier molecular flexibility index (Phi) is 3.16. The zero-order valence-corrected chi connectivity index (χ0v) is 12.1. The number of hydrogen-bond donors (Lipinski definition) is 2. The fourth-order valence-electron chi connectivity index (χ4n) is 2.14. The number of thiazole rings is 1. The maximum absolute atomic E-state index is 12.5. The average molecular weight is 285 g/mol. The number of carbonyl (C=O) groups is 1. The van der Waals surface area contributed by atoms with E-state index in [2.05, 4.69) is 9.97 Å². The topological polar surface area (TPSA) is 71.8 Å². The number of fused-ring (bicyclic) bond motifs is 1. The van der Waals surface area contributed by atoms with Gasteiger partial charge in [0.1, 0.15) is 0 Å². The van der Waals surface area contributed by atoms with Crippen molar-refractivity contribution in [3.05, 3.63) is 51.6 Å². The molecule has 0 bridgehead atoms. The van der Waals surface area contributed by atoms with E-state index in [-0.39, 0.29) is 11.8 Å². The van der Waals surface area contributed by atoms with Crippen LogP contribution in [0, 0.1) is 6.92 Å². The van der Waals surface area contributed by atoms with Crippen LogP contribution in [0.25, 0.3) is 10.9 Å². The Labute approximate surface area is 120 Å². The number of H-pyrrole nitrogens is 1. The van der Waals surface area contributed by atoms with Crippen molar-refractivity contribution in [1.82, 2.24) is 9.97 Å². The molecule has 3 aromatic rings. The van der Waals surface area contributed by atoms with Crippen molar-refractivity contribution in [2.24, 2.45) is 5.73 Å². The van der Waals surface area contributed by atoms with Gasteiger partial charge in [-0.25, -0.2) is 4.98 Å². The Balaban J connectivity index is 2.03. The maximum atomic E-state index is 12.5. The van der Waals surface area contributed by atoms with Crippen LogP contribution in [0.3, 0.4) is 0 Å². The minimum absolute atomic E-state index is 0.0583. The summed E-state index contributed by atoms with van der Waals surface area (Å²) in [7, 11) is 0. The lowest BCUT2D eigenvalue weighted by Crippen LogP contribution is -2.06. The van der Waals surface area contributed by atoms with Gasteiger partial charge in [-0.2, -0.15) is 0 Å². The Hall–Kier alpha value is -1.98. The smallest absolute Gasteiger partial charge is 0.223 e. The number of benzene rings is 1. The standard InChI is InChI=1S/C15H15N3OS/c1-8-3-4-10-11(6-17-12(10)5-8)14(19)15-18-13(7-20-15)9(2)16/h3-7,9,17H,16H2,1-2H3. The summed E-state index contributed by atoms with van der Waals surface area (Å²) in [5.41, 5.74) is 9.32. The van der Waals surface area contributed by atoms with E-state index >= 15 is 0 Å². The van der Waals surface area contributed by atoms with Crippen LogP contribution < -0.4 is 5.73 Å². The zero-order valence-electron chi connectivity index (χ0n) is 11.3. The van der Waals surface area contributed by atoms with Crippen molar-refractivity contribution in [2.75, 3.05) is 0 Å². The van der Waals surface area contributed by atoms with Crippen LogP contribution in [0.4, 0.5) is 0 Å². The van der Waals surface area contributed by atoms with Crippen LogP contribution in [-0.2, 0) is 0 Å². The predicted molar refractivity (Wildman–Crippen MR) is 81.2 cm³/mol. The molecule has 3 N–H and O–H groups in total. The molecule has 102 valence electrons. The van der Waals surface area contributed by atoms with Crippen molar-refractivity contribution in [3.8, 4) is 0 Å². The van der Waals surface area contributed by atoms with E-state index in [9.17, 15) is 4.79 Å². The molecule has 0 aliphatic carbocycles. The third-order valence-electron chi connectivity index (χ3n) is 3.26. The third-order valence-corrected chi connectivity index (χ3v) is 4.12. The van der Waals surface area contributed by atoms with Gasteiger partial charge in [-0.05, 0) is 25.5 Å². The minimum Gasteiger partial charge on any atom is -0.360 e. The van der Waals surface area contributed by atoms with Gasteiger partial charge in [-0.3, -0.25) is 4.79 Å². The molecule has 0 amide bonds. The molecule has 0 saturated carbocycles. The fraction of sp³-hybridized carbons (Fsp3) is 0.200. The molecule has 0 aliphatic rings. The minimum atomic E-state index is -0.154. The number of carbonyl (C=O) groups excluding carboxylic acids is 1. The van der Waals surface area contributed by atoms with Gasteiger partial charge < -0.3 is 10.7 Å². The zero-order chi connectivity index (χ0) is 14.3. The lowest BCUT2D eigenvalue weighted by atomic mass is 10.1. The van der Waals surface area contributed by atoms with Crippen LogP contribution in [0.5, 0.6) is 0 Å². The molecular formula is C15H15N3OS. The molecule has 2 heterocycles. The first-order valence-electron chi connectivity index (χ1n) is 6.39. The highest BCUT2D eigenvalue weighted by atomic mass is 32.1. The molecule has 2 aromatic heterocycles. The number of nitrogens with two attached hydrogens (primary N) is 1. The average Bonchev–Trinajstić information content (AvgIpc) is 3.04. The first-order valence-corrected chi connectivity index (χ1v) is 7.27. The van der Waals surface area contributed by atoms with Gasteiger partial charge >= 0.3 is 0 Å². The van der Waals surface area contributed by atoms with Gasteiger partial charge in [0.15, 0.2) is 5.01 Å². The SMILES string of the molecule is Cc1ccc2c(C(=O)c3nc(C(C)N)cs3)c[nH]c2c1. The summed E-state index contributed by atoms with van der Waals surface area (Å²) in [6.45, 7) is 3.88. The highest BCUT2D eigenvalue weighted by Crippen LogP contribution is 2.24. The Morgan fingerprint density at radius 2 is 2.25 bits per heavy atom. The van der Waals surface area contributed by atoms with Crippen LogP contribution in [0.1, 0.15) is 39.6 Å². The lowest BCUT2D eigenvalue weighted by Gasteiger charge is -1.98. The second-order valence-electron chi connectivity index (χ2n) is 4.95. The summed E-state index contributed by atoms with van der Waals surface area (Å²) >= 11 is 1.34. The predicted octanol–water partition coefficient (Wildman–Crippen LogP) is 3.18. The number of aryl methyl sites for hydroxylation is 1. The van der Waals surface area contributed by atoms with E-state index in [1.807, 2.05) is 37.4 Å². The highest BCUT2D eigenvalue weighted by molar-refractivity contribution is 7.12. The number of ketones is 1. The molecule has 20 heavy (non-hydrogen) atoms. The summed E-state index contributed by atoms with van der Waals surface area (Å²) in [6.07, 6.45) is 1.75. The van der Waals surface area contributed by atoms with E-state index < -0.39 is 0 Å². The van der Waals surface area contributed by atoms with Crippen molar-refractivity contribution in [2.45, 2.75) is 19.9 Å². The van der Waals surface area contributed by atoms with Gasteiger partial charge in [0.05, 0.1) is 11.3 Å². The summed E-state index contributed by atoms with van der Waals surface area (Å²) < 4.78 is 0. The quantitative estimate of drug-likeness (QED) is 0.726. The largest absolute Gasteiger partial charge is 0.360 e.